The average molecular weight is 391 g/mol. The van der Waals surface area contributed by atoms with Crippen molar-refractivity contribution in [1.82, 2.24) is 15.1 Å². The number of carbonyl (C=O) groups is 2. The molecular weight excluding hydrogens is 368 g/mol. The summed E-state index contributed by atoms with van der Waals surface area (Å²) in [6.07, 6.45) is 3.31. The quantitative estimate of drug-likeness (QED) is 0.623. The van der Waals surface area contributed by atoms with Crippen LogP contribution in [-0.4, -0.2) is 44.7 Å². The predicted molar refractivity (Wildman–Crippen MR) is 105 cm³/mol. The lowest BCUT2D eigenvalue weighted by Gasteiger charge is -2.39. The van der Waals surface area contributed by atoms with E-state index in [1.165, 1.54) is 29.5 Å². The first kappa shape index (κ1) is 18.8. The van der Waals surface area contributed by atoms with E-state index >= 15 is 0 Å². The Morgan fingerprint density at radius 3 is 2.58 bits per heavy atom. The Hall–Kier alpha value is -1.93. The highest BCUT2D eigenvalue weighted by Gasteiger charge is 2.28. The number of aromatic nitrogens is 2. The third-order valence-electron chi connectivity index (χ3n) is 4.46. The maximum atomic E-state index is 12.6. The van der Waals surface area contributed by atoms with Crippen LogP contribution in [0.5, 0.6) is 0 Å². The zero-order valence-electron chi connectivity index (χ0n) is 14.8. The Labute approximate surface area is 161 Å². The molecule has 1 aliphatic rings. The molecule has 0 radical (unpaired) electrons. The van der Waals surface area contributed by atoms with Crippen LogP contribution in [0.3, 0.4) is 0 Å². The number of rotatable bonds is 5. The molecule has 0 bridgehead atoms. The molecule has 1 aromatic heterocycles. The molecule has 0 aliphatic carbocycles. The second kappa shape index (κ2) is 8.64. The van der Waals surface area contributed by atoms with Gasteiger partial charge in [-0.25, -0.2) is 0 Å². The molecule has 8 heteroatoms. The molecule has 26 heavy (non-hydrogen) atoms. The number of thioether (sulfide) groups is 1. The van der Waals surface area contributed by atoms with Gasteiger partial charge < -0.3 is 4.90 Å². The van der Waals surface area contributed by atoms with Crippen LogP contribution in [0.4, 0.5) is 5.13 Å². The van der Waals surface area contributed by atoms with E-state index in [0.717, 1.165) is 12.8 Å². The molecule has 2 heterocycles. The molecule has 0 unspecified atom stereocenters. The van der Waals surface area contributed by atoms with Gasteiger partial charge in [-0.1, -0.05) is 41.3 Å². The first-order valence-electron chi connectivity index (χ1n) is 8.68. The fourth-order valence-corrected chi connectivity index (χ4v) is 4.80. The van der Waals surface area contributed by atoms with Crippen molar-refractivity contribution in [3.63, 3.8) is 0 Å². The van der Waals surface area contributed by atoms with Gasteiger partial charge in [-0.15, -0.1) is 10.2 Å². The lowest BCUT2D eigenvalue weighted by molar-refractivity contribution is -0.134. The SMILES string of the molecule is C[C@@H]1CCC[C@H](C)N1C(=O)CSc1nnc(NC(=O)c2ccccc2)s1. The molecular formula is C18H22N4O2S2. The summed E-state index contributed by atoms with van der Waals surface area (Å²) in [5, 5.41) is 11.2. The minimum atomic E-state index is -0.217. The lowest BCUT2D eigenvalue weighted by Crippen LogP contribution is -2.48. The summed E-state index contributed by atoms with van der Waals surface area (Å²) in [5.74, 6) is 0.265. The lowest BCUT2D eigenvalue weighted by atomic mass is 9.98. The molecule has 0 spiro atoms. The van der Waals surface area contributed by atoms with Crippen LogP contribution in [0.1, 0.15) is 43.5 Å². The summed E-state index contributed by atoms with van der Waals surface area (Å²) in [6.45, 7) is 4.22. The Morgan fingerprint density at radius 1 is 1.19 bits per heavy atom. The van der Waals surface area contributed by atoms with E-state index in [-0.39, 0.29) is 11.8 Å². The summed E-state index contributed by atoms with van der Waals surface area (Å²) in [4.78, 5) is 26.7. The molecule has 2 atom stereocenters. The van der Waals surface area contributed by atoms with Gasteiger partial charge in [-0.2, -0.15) is 0 Å². The zero-order valence-corrected chi connectivity index (χ0v) is 16.5. The smallest absolute Gasteiger partial charge is 0.257 e. The van der Waals surface area contributed by atoms with Crippen molar-refractivity contribution in [3.05, 3.63) is 35.9 Å². The molecule has 138 valence electrons. The van der Waals surface area contributed by atoms with E-state index in [4.69, 9.17) is 0 Å². The number of nitrogens with zero attached hydrogens (tertiary/aromatic N) is 3. The van der Waals surface area contributed by atoms with Crippen molar-refractivity contribution in [1.29, 1.82) is 0 Å². The Bertz CT molecular complexity index is 756. The second-order valence-electron chi connectivity index (χ2n) is 6.41. The Morgan fingerprint density at radius 2 is 1.88 bits per heavy atom. The van der Waals surface area contributed by atoms with Crippen molar-refractivity contribution in [2.24, 2.45) is 0 Å². The normalized spacial score (nSPS) is 20.0. The molecule has 1 aromatic carbocycles. The summed E-state index contributed by atoms with van der Waals surface area (Å²) >= 11 is 2.66. The van der Waals surface area contributed by atoms with Gasteiger partial charge >= 0.3 is 0 Å². The van der Waals surface area contributed by atoms with Gasteiger partial charge in [0.2, 0.25) is 11.0 Å². The molecule has 3 rings (SSSR count). The number of hydrogen-bond donors (Lipinski definition) is 1. The number of carbonyl (C=O) groups excluding carboxylic acids is 2. The average Bonchev–Trinajstić information content (AvgIpc) is 3.08. The van der Waals surface area contributed by atoms with Gasteiger partial charge in [0.15, 0.2) is 4.34 Å². The highest BCUT2D eigenvalue weighted by molar-refractivity contribution is 8.01. The van der Waals surface area contributed by atoms with E-state index in [1.807, 2.05) is 23.1 Å². The van der Waals surface area contributed by atoms with Crippen molar-refractivity contribution < 1.29 is 9.59 Å². The first-order valence-corrected chi connectivity index (χ1v) is 10.5. The maximum absolute atomic E-state index is 12.6. The van der Waals surface area contributed by atoms with Crippen LogP contribution in [0.15, 0.2) is 34.7 Å². The number of hydrogen-bond acceptors (Lipinski definition) is 6. The standard InChI is InChI=1S/C18H22N4O2S2/c1-12-7-6-8-13(2)22(12)15(23)11-25-18-21-20-17(26-18)19-16(24)14-9-4-3-5-10-14/h3-5,9-10,12-13H,6-8,11H2,1-2H3,(H,19,20,24)/t12-,13+. The van der Waals surface area contributed by atoms with E-state index in [1.54, 1.807) is 12.1 Å². The first-order chi connectivity index (χ1) is 12.5. The number of benzene rings is 1. The number of likely N-dealkylation sites (tertiary alicyclic amines) is 1. The zero-order chi connectivity index (χ0) is 18.5. The number of anilines is 1. The van der Waals surface area contributed by atoms with Crippen LogP contribution in [0, 0.1) is 0 Å². The molecule has 6 nitrogen and oxygen atoms in total. The summed E-state index contributed by atoms with van der Waals surface area (Å²) < 4.78 is 0.680. The highest BCUT2D eigenvalue weighted by atomic mass is 32.2. The molecule has 1 fully saturated rings. The number of piperidine rings is 1. The largest absolute Gasteiger partial charge is 0.337 e. The monoisotopic (exact) mass is 390 g/mol. The van der Waals surface area contributed by atoms with E-state index in [0.29, 0.717) is 32.9 Å². The molecule has 1 aliphatic heterocycles. The number of nitrogens with one attached hydrogen (secondary N) is 1. The Balaban J connectivity index is 1.54. The van der Waals surface area contributed by atoms with Gasteiger partial charge in [0.1, 0.15) is 0 Å². The maximum Gasteiger partial charge on any atom is 0.257 e. The van der Waals surface area contributed by atoms with Crippen LogP contribution in [0.25, 0.3) is 0 Å². The fourth-order valence-electron chi connectivity index (χ4n) is 3.19. The van der Waals surface area contributed by atoms with Crippen molar-refractivity contribution in [2.45, 2.75) is 49.5 Å². The minimum absolute atomic E-state index is 0.139. The van der Waals surface area contributed by atoms with Gasteiger partial charge in [-0.05, 0) is 45.2 Å². The summed E-state index contributed by atoms with van der Waals surface area (Å²) in [5.41, 5.74) is 0.570. The minimum Gasteiger partial charge on any atom is -0.337 e. The van der Waals surface area contributed by atoms with Gasteiger partial charge in [-0.3, -0.25) is 14.9 Å². The summed E-state index contributed by atoms with van der Waals surface area (Å²) in [7, 11) is 0. The van der Waals surface area contributed by atoms with Crippen LogP contribution in [-0.2, 0) is 4.79 Å². The van der Waals surface area contributed by atoms with Gasteiger partial charge in [0.25, 0.3) is 5.91 Å². The van der Waals surface area contributed by atoms with E-state index < -0.39 is 0 Å². The molecule has 2 amide bonds. The van der Waals surface area contributed by atoms with Gasteiger partial charge in [0.05, 0.1) is 5.75 Å². The number of amides is 2. The highest BCUT2D eigenvalue weighted by Crippen LogP contribution is 2.28. The van der Waals surface area contributed by atoms with Crippen LogP contribution < -0.4 is 5.32 Å². The third-order valence-corrected chi connectivity index (χ3v) is 6.42. The van der Waals surface area contributed by atoms with Crippen LogP contribution >= 0.6 is 23.1 Å². The van der Waals surface area contributed by atoms with Crippen LogP contribution in [0.2, 0.25) is 0 Å². The van der Waals surface area contributed by atoms with E-state index in [9.17, 15) is 9.59 Å². The third kappa shape index (κ3) is 4.62. The van der Waals surface area contributed by atoms with E-state index in [2.05, 4.69) is 29.4 Å². The van der Waals surface area contributed by atoms with Crippen molar-refractivity contribution in [2.75, 3.05) is 11.1 Å². The predicted octanol–water partition coefficient (Wildman–Crippen LogP) is 3.67. The van der Waals surface area contributed by atoms with Crippen molar-refractivity contribution in [3.8, 4) is 0 Å². The summed E-state index contributed by atoms with van der Waals surface area (Å²) in [6, 6.07) is 9.55. The fraction of sp³-hybridized carbons (Fsp3) is 0.444. The molecule has 2 aromatic rings. The topological polar surface area (TPSA) is 75.2 Å². The van der Waals surface area contributed by atoms with Crippen molar-refractivity contribution >= 4 is 40.0 Å². The molecule has 0 saturated carbocycles. The second-order valence-corrected chi connectivity index (χ2v) is 8.61. The van der Waals surface area contributed by atoms with Gasteiger partial charge in [0, 0.05) is 17.6 Å². The molecule has 1 N–H and O–H groups in total. The Kier molecular flexibility index (Phi) is 6.26. The molecule has 1 saturated heterocycles.